The predicted molar refractivity (Wildman–Crippen MR) is 60.9 cm³/mol. The van der Waals surface area contributed by atoms with Crippen LogP contribution in [0.15, 0.2) is 35.3 Å². The van der Waals surface area contributed by atoms with E-state index in [9.17, 15) is 0 Å². The monoisotopic (exact) mass is 248 g/mol. The number of hydrogen-bond donors (Lipinski definition) is 0. The quantitative estimate of drug-likeness (QED) is 0.628. The Kier molecular flexibility index (Phi) is 1.60. The molecule has 0 saturated carbocycles. The zero-order valence-corrected chi connectivity index (χ0v) is 10.1. The summed E-state index contributed by atoms with van der Waals surface area (Å²) in [5, 5.41) is 0. The van der Waals surface area contributed by atoms with Gasteiger partial charge in [-0.2, -0.15) is 0 Å². The van der Waals surface area contributed by atoms with E-state index in [1.165, 1.54) is 16.7 Å². The minimum atomic E-state index is 0.273. The summed E-state index contributed by atoms with van der Waals surface area (Å²) in [5.74, 6) is 0. The molecule has 1 heteroatoms. The van der Waals surface area contributed by atoms with Gasteiger partial charge < -0.3 is 0 Å². The Bertz CT molecular complexity index is 491. The van der Waals surface area contributed by atoms with Crippen molar-refractivity contribution < 1.29 is 0 Å². The SMILES string of the molecule is CC1(C)c2ccccc2-c2cc[se]c21. The molecule has 0 N–H and O–H groups in total. The number of benzene rings is 1. The summed E-state index contributed by atoms with van der Waals surface area (Å²) < 4.78 is 1.66. The molecule has 14 heavy (non-hydrogen) atoms. The number of rotatable bonds is 0. The van der Waals surface area contributed by atoms with Gasteiger partial charge >= 0.3 is 90.2 Å². The third-order valence-corrected chi connectivity index (χ3v) is 5.72. The van der Waals surface area contributed by atoms with Gasteiger partial charge in [-0.3, -0.25) is 0 Å². The second-order valence-corrected chi connectivity index (χ2v) is 6.26. The van der Waals surface area contributed by atoms with Crippen LogP contribution in [0.25, 0.3) is 11.1 Å². The maximum absolute atomic E-state index is 2.35. The van der Waals surface area contributed by atoms with Crippen molar-refractivity contribution >= 4 is 14.5 Å². The van der Waals surface area contributed by atoms with Crippen LogP contribution in [-0.2, 0) is 5.41 Å². The minimum absolute atomic E-state index is 0.273. The van der Waals surface area contributed by atoms with E-state index in [1.54, 1.807) is 4.44 Å². The van der Waals surface area contributed by atoms with Crippen LogP contribution in [0.3, 0.4) is 0 Å². The van der Waals surface area contributed by atoms with E-state index in [2.05, 4.69) is 49.1 Å². The van der Waals surface area contributed by atoms with Crippen molar-refractivity contribution in [3.05, 3.63) is 45.3 Å². The molecule has 0 nitrogen and oxygen atoms in total. The number of hydrogen-bond acceptors (Lipinski definition) is 0. The van der Waals surface area contributed by atoms with Crippen LogP contribution in [0.4, 0.5) is 0 Å². The van der Waals surface area contributed by atoms with Gasteiger partial charge in [-0.05, 0) is 0 Å². The molecule has 1 aliphatic rings. The summed E-state index contributed by atoms with van der Waals surface area (Å²) >= 11 is 0.581. The van der Waals surface area contributed by atoms with Crippen LogP contribution in [-0.4, -0.2) is 14.5 Å². The molecule has 0 spiro atoms. The van der Waals surface area contributed by atoms with Crippen molar-refractivity contribution in [1.29, 1.82) is 0 Å². The van der Waals surface area contributed by atoms with Gasteiger partial charge in [0.25, 0.3) is 0 Å². The van der Waals surface area contributed by atoms with Gasteiger partial charge in [-0.15, -0.1) is 0 Å². The Morgan fingerprint density at radius 2 is 1.79 bits per heavy atom. The topological polar surface area (TPSA) is 0 Å². The summed E-state index contributed by atoms with van der Waals surface area (Å²) in [6.45, 7) is 4.70. The van der Waals surface area contributed by atoms with Gasteiger partial charge in [-0.25, -0.2) is 0 Å². The summed E-state index contributed by atoms with van der Waals surface area (Å²) in [5.41, 5.74) is 4.75. The molecule has 0 saturated heterocycles. The van der Waals surface area contributed by atoms with E-state index in [-0.39, 0.29) is 5.41 Å². The molecular weight excluding hydrogens is 235 g/mol. The van der Waals surface area contributed by atoms with Gasteiger partial charge in [0.1, 0.15) is 0 Å². The summed E-state index contributed by atoms with van der Waals surface area (Å²) in [7, 11) is 0. The maximum atomic E-state index is 2.35. The van der Waals surface area contributed by atoms with Crippen LogP contribution < -0.4 is 0 Å². The van der Waals surface area contributed by atoms with E-state index in [1.807, 2.05) is 0 Å². The van der Waals surface area contributed by atoms with Gasteiger partial charge in [-0.1, -0.05) is 0 Å². The Labute approximate surface area is 90.3 Å². The third-order valence-electron chi connectivity index (χ3n) is 3.12. The Morgan fingerprint density at radius 3 is 2.64 bits per heavy atom. The predicted octanol–water partition coefficient (Wildman–Crippen LogP) is 3.05. The van der Waals surface area contributed by atoms with Gasteiger partial charge in [0.2, 0.25) is 0 Å². The van der Waals surface area contributed by atoms with Crippen LogP contribution >= 0.6 is 0 Å². The van der Waals surface area contributed by atoms with E-state index in [4.69, 9.17) is 0 Å². The average Bonchev–Trinajstić information content (AvgIpc) is 2.72. The molecule has 0 fully saturated rings. The normalized spacial score (nSPS) is 16.4. The summed E-state index contributed by atoms with van der Waals surface area (Å²) in [6, 6.07) is 11.1. The van der Waals surface area contributed by atoms with Crippen LogP contribution in [0.1, 0.15) is 23.8 Å². The van der Waals surface area contributed by atoms with Crippen molar-refractivity contribution in [1.82, 2.24) is 0 Å². The Hall–Kier alpha value is -0.781. The van der Waals surface area contributed by atoms with Gasteiger partial charge in [0.05, 0.1) is 0 Å². The standard InChI is InChI=1S/C13H12Se/c1-13(2)11-6-4-3-5-9(11)10-7-8-14-12(10)13/h3-8H,1-2H3. The van der Waals surface area contributed by atoms with Crippen molar-refractivity contribution in [2.45, 2.75) is 19.3 Å². The first-order valence-electron chi connectivity index (χ1n) is 4.89. The number of fused-ring (bicyclic) bond motifs is 3. The molecule has 1 aliphatic carbocycles. The molecule has 1 aromatic carbocycles. The van der Waals surface area contributed by atoms with Gasteiger partial charge in [0.15, 0.2) is 0 Å². The van der Waals surface area contributed by atoms with Crippen LogP contribution in [0.5, 0.6) is 0 Å². The first-order valence-corrected chi connectivity index (χ1v) is 6.73. The average molecular weight is 247 g/mol. The second kappa shape index (κ2) is 2.62. The Morgan fingerprint density at radius 1 is 1.00 bits per heavy atom. The first kappa shape index (κ1) is 8.52. The zero-order chi connectivity index (χ0) is 9.76. The van der Waals surface area contributed by atoms with Crippen molar-refractivity contribution in [3.63, 3.8) is 0 Å². The third kappa shape index (κ3) is 0.893. The molecule has 0 radical (unpaired) electrons. The molecule has 0 aliphatic heterocycles. The summed E-state index contributed by atoms with van der Waals surface area (Å²) in [4.78, 5) is 2.34. The molecule has 0 unspecified atom stereocenters. The summed E-state index contributed by atoms with van der Waals surface area (Å²) in [6.07, 6.45) is 0. The molecule has 1 aromatic heterocycles. The zero-order valence-electron chi connectivity index (χ0n) is 8.37. The fraction of sp³-hybridized carbons (Fsp3) is 0.231. The van der Waals surface area contributed by atoms with Crippen LogP contribution in [0, 0.1) is 0 Å². The molecule has 70 valence electrons. The first-order chi connectivity index (χ1) is 6.71. The fourth-order valence-corrected chi connectivity index (χ4v) is 4.59. The van der Waals surface area contributed by atoms with Crippen LogP contribution in [0.2, 0.25) is 0 Å². The van der Waals surface area contributed by atoms with Crippen molar-refractivity contribution in [2.24, 2.45) is 0 Å². The molecule has 1 heterocycles. The van der Waals surface area contributed by atoms with E-state index in [0.717, 1.165) is 0 Å². The Balaban J connectivity index is 2.42. The molecule has 0 bridgehead atoms. The van der Waals surface area contributed by atoms with E-state index >= 15 is 0 Å². The molecule has 2 aromatic rings. The molecular formula is C13H12Se. The molecule has 0 atom stereocenters. The molecule has 3 rings (SSSR count). The van der Waals surface area contributed by atoms with Gasteiger partial charge in [0, 0.05) is 0 Å². The van der Waals surface area contributed by atoms with Crippen molar-refractivity contribution in [3.8, 4) is 11.1 Å². The second-order valence-electron chi connectivity index (χ2n) is 4.33. The molecule has 0 amide bonds. The van der Waals surface area contributed by atoms with E-state index in [0.29, 0.717) is 14.5 Å². The fourth-order valence-electron chi connectivity index (χ4n) is 2.39. The van der Waals surface area contributed by atoms with E-state index < -0.39 is 0 Å². The van der Waals surface area contributed by atoms with Crippen molar-refractivity contribution in [2.75, 3.05) is 0 Å².